The first kappa shape index (κ1) is 14.7. The summed E-state index contributed by atoms with van der Waals surface area (Å²) in [7, 11) is 0. The van der Waals surface area contributed by atoms with Gasteiger partial charge in [-0.05, 0) is 31.4 Å². The normalized spacial score (nSPS) is 15.0. The Labute approximate surface area is 140 Å². The van der Waals surface area contributed by atoms with Gasteiger partial charge >= 0.3 is 0 Å². The molecule has 3 aromatic heterocycles. The fourth-order valence-corrected chi connectivity index (χ4v) is 2.91. The van der Waals surface area contributed by atoms with Crippen LogP contribution in [0.25, 0.3) is 17.8 Å². The van der Waals surface area contributed by atoms with Crippen LogP contribution in [0.2, 0.25) is 0 Å². The van der Waals surface area contributed by atoms with E-state index in [4.69, 9.17) is 0 Å². The molecule has 0 spiro atoms. The molecule has 0 unspecified atom stereocenters. The van der Waals surface area contributed by atoms with E-state index < -0.39 is 0 Å². The predicted octanol–water partition coefficient (Wildman–Crippen LogP) is 2.25. The fourth-order valence-electron chi connectivity index (χ4n) is 2.91. The highest BCUT2D eigenvalue weighted by atomic mass is 15.3. The van der Waals surface area contributed by atoms with E-state index in [1.54, 1.807) is 16.9 Å². The zero-order valence-corrected chi connectivity index (χ0v) is 13.6. The summed E-state index contributed by atoms with van der Waals surface area (Å²) in [6.45, 7) is 4.18. The molecule has 0 atom stereocenters. The van der Waals surface area contributed by atoms with Gasteiger partial charge in [0.2, 0.25) is 0 Å². The zero-order chi connectivity index (χ0) is 16.4. The first-order chi connectivity index (χ1) is 11.8. The minimum absolute atomic E-state index is 0.645. The van der Waals surface area contributed by atoms with E-state index in [0.29, 0.717) is 5.82 Å². The Morgan fingerprint density at radius 1 is 1.12 bits per heavy atom. The molecule has 1 fully saturated rings. The average Bonchev–Trinajstić information content (AvgIpc) is 3.29. The summed E-state index contributed by atoms with van der Waals surface area (Å²) in [4.78, 5) is 20.1. The van der Waals surface area contributed by atoms with Gasteiger partial charge < -0.3 is 4.90 Å². The number of fused-ring (bicyclic) bond motifs is 1. The number of hydrogen-bond acceptors (Lipinski definition) is 6. The molecule has 4 heterocycles. The van der Waals surface area contributed by atoms with Gasteiger partial charge in [-0.1, -0.05) is 6.92 Å². The molecule has 1 saturated heterocycles. The predicted molar refractivity (Wildman–Crippen MR) is 92.6 cm³/mol. The quantitative estimate of drug-likeness (QED) is 0.734. The van der Waals surface area contributed by atoms with Crippen molar-refractivity contribution in [3.8, 4) is 0 Å². The Morgan fingerprint density at radius 2 is 2.00 bits per heavy atom. The zero-order valence-electron chi connectivity index (χ0n) is 13.6. The Balaban J connectivity index is 1.59. The lowest BCUT2D eigenvalue weighted by Crippen LogP contribution is -2.19. The number of aryl methyl sites for hydroxylation is 1. The molecule has 0 bridgehead atoms. The monoisotopic (exact) mass is 321 g/mol. The molecule has 0 aromatic carbocycles. The van der Waals surface area contributed by atoms with Crippen molar-refractivity contribution in [1.29, 1.82) is 0 Å². The lowest BCUT2D eigenvalue weighted by atomic mass is 10.3. The van der Waals surface area contributed by atoms with E-state index >= 15 is 0 Å². The van der Waals surface area contributed by atoms with Crippen molar-refractivity contribution < 1.29 is 0 Å². The van der Waals surface area contributed by atoms with Crippen LogP contribution >= 0.6 is 0 Å². The molecule has 3 aromatic rings. The van der Waals surface area contributed by atoms with Crippen molar-refractivity contribution in [2.45, 2.75) is 26.2 Å². The van der Waals surface area contributed by atoms with E-state index in [1.807, 2.05) is 24.5 Å². The number of hydrogen-bond donors (Lipinski definition) is 0. The van der Waals surface area contributed by atoms with Crippen molar-refractivity contribution in [3.05, 3.63) is 42.0 Å². The van der Waals surface area contributed by atoms with Gasteiger partial charge in [0.1, 0.15) is 5.82 Å². The van der Waals surface area contributed by atoms with Crippen molar-refractivity contribution in [3.63, 3.8) is 0 Å². The summed E-state index contributed by atoms with van der Waals surface area (Å²) >= 11 is 0. The van der Waals surface area contributed by atoms with Crippen molar-refractivity contribution >= 4 is 23.6 Å². The largest absolute Gasteiger partial charge is 0.355 e. The van der Waals surface area contributed by atoms with E-state index in [0.717, 1.165) is 42.4 Å². The van der Waals surface area contributed by atoms with Gasteiger partial charge in [0.05, 0.1) is 23.8 Å². The summed E-state index contributed by atoms with van der Waals surface area (Å²) in [6, 6.07) is 0. The van der Waals surface area contributed by atoms with Crippen LogP contribution in [0, 0.1) is 0 Å². The van der Waals surface area contributed by atoms with Crippen LogP contribution in [-0.2, 0) is 6.42 Å². The molecule has 24 heavy (non-hydrogen) atoms. The summed E-state index contributed by atoms with van der Waals surface area (Å²) in [6.07, 6.45) is 14.2. The van der Waals surface area contributed by atoms with Crippen LogP contribution in [0.1, 0.15) is 37.0 Å². The summed E-state index contributed by atoms with van der Waals surface area (Å²) in [5, 5.41) is 4.46. The van der Waals surface area contributed by atoms with Crippen LogP contribution in [0.3, 0.4) is 0 Å². The topological polar surface area (TPSA) is 72.1 Å². The molecular formula is C17H19N7. The second-order valence-corrected chi connectivity index (χ2v) is 5.80. The Bertz CT molecular complexity index is 878. The van der Waals surface area contributed by atoms with Gasteiger partial charge in [0.15, 0.2) is 11.5 Å². The smallest absolute Gasteiger partial charge is 0.177 e. The van der Waals surface area contributed by atoms with Gasteiger partial charge in [0, 0.05) is 25.5 Å². The maximum atomic E-state index is 4.66. The molecule has 0 saturated carbocycles. The molecule has 0 radical (unpaired) electrons. The van der Waals surface area contributed by atoms with E-state index in [9.17, 15) is 0 Å². The minimum atomic E-state index is 0.645. The van der Waals surface area contributed by atoms with Gasteiger partial charge in [-0.15, -0.1) is 5.10 Å². The van der Waals surface area contributed by atoms with E-state index in [2.05, 4.69) is 36.9 Å². The summed E-state index contributed by atoms with van der Waals surface area (Å²) in [5.74, 6) is 1.58. The van der Waals surface area contributed by atoms with Crippen LogP contribution in [0.15, 0.2) is 24.8 Å². The fraction of sp³-hybridized carbons (Fsp3) is 0.353. The van der Waals surface area contributed by atoms with Gasteiger partial charge in [-0.25, -0.2) is 14.5 Å². The summed E-state index contributed by atoms with van der Waals surface area (Å²) in [5.41, 5.74) is 2.56. The highest BCUT2D eigenvalue weighted by molar-refractivity contribution is 5.66. The number of rotatable bonds is 4. The van der Waals surface area contributed by atoms with E-state index in [-0.39, 0.29) is 0 Å². The van der Waals surface area contributed by atoms with Crippen molar-refractivity contribution in [2.24, 2.45) is 0 Å². The number of anilines is 1. The molecule has 0 N–H and O–H groups in total. The Kier molecular flexibility index (Phi) is 3.90. The highest BCUT2D eigenvalue weighted by Crippen LogP contribution is 2.17. The third kappa shape index (κ3) is 2.84. The maximum absolute atomic E-state index is 4.66. The molecule has 122 valence electrons. The third-order valence-electron chi connectivity index (χ3n) is 4.15. The second-order valence-electron chi connectivity index (χ2n) is 5.80. The first-order valence-electron chi connectivity index (χ1n) is 8.29. The standard InChI is InChI=1S/C17H19N7/c1-2-14-17-21-15(22-24(17)10-7-19-14)6-5-13-11-18-12-16(20-13)23-8-3-4-9-23/h5-7,10-12H,2-4,8-9H2,1H3. The molecule has 1 aliphatic heterocycles. The van der Waals surface area contributed by atoms with Crippen LogP contribution in [0.5, 0.6) is 0 Å². The number of nitrogens with zero attached hydrogens (tertiary/aromatic N) is 7. The van der Waals surface area contributed by atoms with Crippen molar-refractivity contribution in [1.82, 2.24) is 29.5 Å². The molecule has 0 amide bonds. The van der Waals surface area contributed by atoms with Crippen LogP contribution < -0.4 is 4.90 Å². The van der Waals surface area contributed by atoms with E-state index in [1.165, 1.54) is 12.8 Å². The van der Waals surface area contributed by atoms with Crippen molar-refractivity contribution in [2.75, 3.05) is 18.0 Å². The summed E-state index contributed by atoms with van der Waals surface area (Å²) < 4.78 is 1.76. The molecule has 0 aliphatic carbocycles. The van der Waals surface area contributed by atoms with Gasteiger partial charge in [-0.2, -0.15) is 0 Å². The SMILES string of the molecule is CCc1nccn2nc(C=Cc3cncc(N4CCCC4)n3)nc12. The Morgan fingerprint density at radius 3 is 2.83 bits per heavy atom. The third-order valence-corrected chi connectivity index (χ3v) is 4.15. The minimum Gasteiger partial charge on any atom is -0.355 e. The molecular weight excluding hydrogens is 302 g/mol. The molecule has 7 heteroatoms. The molecule has 4 rings (SSSR count). The van der Waals surface area contributed by atoms with Gasteiger partial charge in [0.25, 0.3) is 0 Å². The molecule has 7 nitrogen and oxygen atoms in total. The average molecular weight is 321 g/mol. The lowest BCUT2D eigenvalue weighted by Gasteiger charge is -2.15. The van der Waals surface area contributed by atoms with Crippen LogP contribution in [0.4, 0.5) is 5.82 Å². The first-order valence-corrected chi connectivity index (χ1v) is 8.29. The van der Waals surface area contributed by atoms with Crippen LogP contribution in [-0.4, -0.2) is 42.6 Å². The maximum Gasteiger partial charge on any atom is 0.177 e. The Hall–Kier alpha value is -2.83. The second kappa shape index (κ2) is 6.35. The lowest BCUT2D eigenvalue weighted by molar-refractivity contribution is 0.909. The molecule has 1 aliphatic rings. The number of aromatic nitrogens is 6. The van der Waals surface area contributed by atoms with Gasteiger partial charge in [-0.3, -0.25) is 9.97 Å². The highest BCUT2D eigenvalue weighted by Gasteiger charge is 2.13.